The molecule has 3 aromatic heterocycles. The third-order valence-corrected chi connectivity index (χ3v) is 8.67. The number of pyridine rings is 1. The maximum Gasteiger partial charge on any atom is 0.320 e. The number of halogens is 1. The zero-order valence-electron chi connectivity index (χ0n) is 22.7. The van der Waals surface area contributed by atoms with Gasteiger partial charge in [0.15, 0.2) is 0 Å². The number of nitrogens with zero attached hydrogens (tertiary/aromatic N) is 6. The first-order valence-corrected chi connectivity index (χ1v) is 13.8. The molecule has 6 heterocycles. The molecular formula is C30H32FN7O2. The minimum Gasteiger partial charge on any atom is -0.348 e. The van der Waals surface area contributed by atoms with Crippen LogP contribution in [0.3, 0.4) is 0 Å². The van der Waals surface area contributed by atoms with Crippen molar-refractivity contribution in [2.45, 2.75) is 32.0 Å². The van der Waals surface area contributed by atoms with Gasteiger partial charge in [-0.3, -0.25) is 9.20 Å². The Morgan fingerprint density at radius 1 is 1.10 bits per heavy atom. The van der Waals surface area contributed by atoms with Crippen LogP contribution in [-0.4, -0.2) is 86.9 Å². The van der Waals surface area contributed by atoms with Crippen molar-refractivity contribution in [3.8, 4) is 0 Å². The first-order chi connectivity index (χ1) is 19.4. The summed E-state index contributed by atoms with van der Waals surface area (Å²) in [5, 5.41) is 3.66. The molecule has 3 amide bonds. The SMILES string of the molecule is CN(C)C1CCN(C(=O)N2CCn3cc(C4=C(c5cnc6ccccn56)CNC4=O)c4cc(F)cc(c43)C2)CC1. The maximum atomic E-state index is 15.1. The fourth-order valence-corrected chi connectivity index (χ4v) is 6.58. The highest BCUT2D eigenvalue weighted by Gasteiger charge is 2.33. The summed E-state index contributed by atoms with van der Waals surface area (Å²) in [5.74, 6) is -0.557. The Morgan fingerprint density at radius 3 is 2.73 bits per heavy atom. The predicted molar refractivity (Wildman–Crippen MR) is 151 cm³/mol. The monoisotopic (exact) mass is 541 g/mol. The lowest BCUT2D eigenvalue weighted by Gasteiger charge is -2.37. The fraction of sp³-hybridized carbons (Fsp3) is 0.367. The van der Waals surface area contributed by atoms with Crippen LogP contribution >= 0.6 is 0 Å². The second kappa shape index (κ2) is 9.48. The van der Waals surface area contributed by atoms with Gasteiger partial charge in [0.25, 0.3) is 5.91 Å². The highest BCUT2D eigenvalue weighted by Crippen LogP contribution is 2.38. The molecule has 1 saturated heterocycles. The van der Waals surface area contributed by atoms with E-state index in [2.05, 4.69) is 33.9 Å². The average Bonchev–Trinajstić information content (AvgIpc) is 3.61. The van der Waals surface area contributed by atoms with Crippen molar-refractivity contribution in [1.82, 2.24) is 34.0 Å². The van der Waals surface area contributed by atoms with E-state index >= 15 is 4.39 Å². The minimum absolute atomic E-state index is 0.00775. The smallest absolute Gasteiger partial charge is 0.320 e. The Hall–Kier alpha value is -4.18. The van der Waals surface area contributed by atoms with Gasteiger partial charge in [-0.1, -0.05) is 6.07 Å². The highest BCUT2D eigenvalue weighted by atomic mass is 19.1. The molecule has 0 radical (unpaired) electrons. The number of likely N-dealkylation sites (tertiary alicyclic amines) is 1. The largest absolute Gasteiger partial charge is 0.348 e. The Balaban J connectivity index is 1.26. The lowest BCUT2D eigenvalue weighted by molar-refractivity contribution is -0.114. The zero-order chi connectivity index (χ0) is 27.5. The molecule has 1 N–H and O–H groups in total. The number of benzene rings is 1. The molecular weight excluding hydrogens is 509 g/mol. The zero-order valence-corrected chi connectivity index (χ0v) is 22.7. The Morgan fingerprint density at radius 2 is 1.93 bits per heavy atom. The second-order valence-corrected chi connectivity index (χ2v) is 11.2. The van der Waals surface area contributed by atoms with Gasteiger partial charge >= 0.3 is 6.03 Å². The summed E-state index contributed by atoms with van der Waals surface area (Å²) in [6.45, 7) is 3.23. The Kier molecular flexibility index (Phi) is 5.88. The topological polar surface area (TPSA) is 78.1 Å². The van der Waals surface area contributed by atoms with Crippen LogP contribution in [-0.2, 0) is 17.9 Å². The van der Waals surface area contributed by atoms with Crippen LogP contribution in [0.1, 0.15) is 29.7 Å². The van der Waals surface area contributed by atoms with E-state index in [-0.39, 0.29) is 17.8 Å². The maximum absolute atomic E-state index is 15.1. The van der Waals surface area contributed by atoms with Gasteiger partial charge in [-0.15, -0.1) is 0 Å². The number of fused-ring (bicyclic) bond motifs is 1. The van der Waals surface area contributed by atoms with Gasteiger partial charge in [-0.2, -0.15) is 0 Å². The molecule has 9 nitrogen and oxygen atoms in total. The molecule has 0 saturated carbocycles. The summed E-state index contributed by atoms with van der Waals surface area (Å²) in [6, 6.07) is 9.32. The van der Waals surface area contributed by atoms with Crippen molar-refractivity contribution in [3.05, 3.63) is 71.6 Å². The molecule has 0 aliphatic carbocycles. The molecule has 3 aliphatic heterocycles. The van der Waals surface area contributed by atoms with Gasteiger partial charge in [-0.25, -0.2) is 14.2 Å². The van der Waals surface area contributed by atoms with E-state index in [0.717, 1.165) is 53.9 Å². The Labute approximate surface area is 231 Å². The third kappa shape index (κ3) is 3.97. The molecule has 0 bridgehead atoms. The normalized spacial score (nSPS) is 18.4. The average molecular weight is 542 g/mol. The molecule has 4 aromatic rings. The van der Waals surface area contributed by atoms with Crippen LogP contribution < -0.4 is 5.32 Å². The number of urea groups is 1. The first-order valence-electron chi connectivity index (χ1n) is 13.8. The van der Waals surface area contributed by atoms with Crippen molar-refractivity contribution in [2.24, 2.45) is 0 Å². The molecule has 40 heavy (non-hydrogen) atoms. The summed E-state index contributed by atoms with van der Waals surface area (Å²) < 4.78 is 19.2. The number of rotatable bonds is 3. The number of hydrogen-bond acceptors (Lipinski definition) is 4. The number of hydrogen-bond donors (Lipinski definition) is 1. The van der Waals surface area contributed by atoms with E-state index in [0.29, 0.717) is 48.7 Å². The van der Waals surface area contributed by atoms with E-state index < -0.39 is 0 Å². The summed E-state index contributed by atoms with van der Waals surface area (Å²) in [6.07, 6.45) is 7.56. The molecule has 7 rings (SSSR count). The molecule has 1 aromatic carbocycles. The summed E-state index contributed by atoms with van der Waals surface area (Å²) in [4.78, 5) is 37.3. The van der Waals surface area contributed by atoms with Gasteiger partial charge < -0.3 is 24.6 Å². The first kappa shape index (κ1) is 24.8. The fourth-order valence-electron chi connectivity index (χ4n) is 6.58. The van der Waals surface area contributed by atoms with Crippen molar-refractivity contribution in [2.75, 3.05) is 40.3 Å². The highest BCUT2D eigenvalue weighted by molar-refractivity contribution is 6.32. The standard InChI is InChI=1S/C30H32FN7O2/c1-34(2)21-6-9-35(10-7-21)30(40)37-12-11-36-18-24(22-14-20(31)13-19(17-37)28(22)36)27-23(15-33-29(27)39)25-16-32-26-5-3-4-8-38(25)26/h3-5,8,13-14,16,18,21H,6-7,9-12,15,17H2,1-2H3,(H,33,39). The van der Waals surface area contributed by atoms with E-state index in [9.17, 15) is 9.59 Å². The van der Waals surface area contributed by atoms with Crippen LogP contribution in [0, 0.1) is 5.82 Å². The van der Waals surface area contributed by atoms with Gasteiger partial charge in [-0.05, 0) is 56.8 Å². The number of imidazole rings is 1. The number of nitrogens with one attached hydrogen (secondary N) is 1. The number of aromatic nitrogens is 3. The van der Waals surface area contributed by atoms with E-state index in [1.807, 2.05) is 44.8 Å². The van der Waals surface area contributed by atoms with Gasteiger partial charge in [0, 0.05) is 74.2 Å². The van der Waals surface area contributed by atoms with E-state index in [1.54, 1.807) is 6.20 Å². The molecule has 1 fully saturated rings. The number of piperidine rings is 1. The summed E-state index contributed by atoms with van der Waals surface area (Å²) in [5.41, 5.74) is 5.35. The molecule has 0 spiro atoms. The van der Waals surface area contributed by atoms with Crippen LogP contribution in [0.25, 0.3) is 27.7 Å². The van der Waals surface area contributed by atoms with Crippen molar-refractivity contribution >= 4 is 39.6 Å². The van der Waals surface area contributed by atoms with Crippen LogP contribution in [0.2, 0.25) is 0 Å². The van der Waals surface area contributed by atoms with Crippen molar-refractivity contribution < 1.29 is 14.0 Å². The molecule has 0 unspecified atom stereocenters. The third-order valence-electron chi connectivity index (χ3n) is 8.67. The molecule has 0 atom stereocenters. The van der Waals surface area contributed by atoms with E-state index in [4.69, 9.17) is 0 Å². The molecule has 206 valence electrons. The quantitative estimate of drug-likeness (QED) is 0.431. The second-order valence-electron chi connectivity index (χ2n) is 11.2. The predicted octanol–water partition coefficient (Wildman–Crippen LogP) is 3.43. The van der Waals surface area contributed by atoms with E-state index in [1.165, 1.54) is 12.1 Å². The summed E-state index contributed by atoms with van der Waals surface area (Å²) >= 11 is 0. The molecule has 3 aliphatic rings. The number of carbonyl (C=O) groups excluding carboxylic acids is 2. The number of amides is 3. The molecule has 10 heteroatoms. The lowest BCUT2D eigenvalue weighted by Crippen LogP contribution is -2.49. The summed E-state index contributed by atoms with van der Waals surface area (Å²) in [7, 11) is 4.17. The van der Waals surface area contributed by atoms with Crippen LogP contribution in [0.5, 0.6) is 0 Å². The van der Waals surface area contributed by atoms with Crippen molar-refractivity contribution in [1.29, 1.82) is 0 Å². The lowest BCUT2D eigenvalue weighted by atomic mass is 9.98. The van der Waals surface area contributed by atoms with Crippen LogP contribution in [0.15, 0.2) is 48.9 Å². The van der Waals surface area contributed by atoms with Crippen LogP contribution in [0.4, 0.5) is 9.18 Å². The Bertz CT molecular complexity index is 1690. The van der Waals surface area contributed by atoms with Gasteiger partial charge in [0.2, 0.25) is 0 Å². The number of carbonyl (C=O) groups is 2. The van der Waals surface area contributed by atoms with Gasteiger partial charge in [0.1, 0.15) is 11.5 Å². The van der Waals surface area contributed by atoms with Gasteiger partial charge in [0.05, 0.1) is 23.0 Å². The van der Waals surface area contributed by atoms with Crippen molar-refractivity contribution in [3.63, 3.8) is 0 Å². The minimum atomic E-state index is -0.377.